The van der Waals surface area contributed by atoms with Crippen LogP contribution in [0.15, 0.2) is 66.9 Å². The monoisotopic (exact) mass is 453 g/mol. The van der Waals surface area contributed by atoms with Gasteiger partial charge in [0.15, 0.2) is 5.65 Å². The summed E-state index contributed by atoms with van der Waals surface area (Å²) in [5, 5.41) is 6.85. The maximum absolute atomic E-state index is 13.3. The Kier molecular flexibility index (Phi) is 6.07. The summed E-state index contributed by atoms with van der Waals surface area (Å²) in [6.45, 7) is 4.19. The third-order valence-corrected chi connectivity index (χ3v) is 6.77. The highest BCUT2D eigenvalue weighted by Gasteiger charge is 2.24. The summed E-state index contributed by atoms with van der Waals surface area (Å²) in [5.74, 6) is 0.756. The molecule has 5 rings (SSSR count). The number of aromatic nitrogens is 2. The summed E-state index contributed by atoms with van der Waals surface area (Å²) in [6, 6.07) is 20.5. The number of fused-ring (bicyclic) bond motifs is 1. The molecule has 34 heavy (non-hydrogen) atoms. The predicted octanol–water partition coefficient (Wildman–Crippen LogP) is 5.36. The van der Waals surface area contributed by atoms with E-state index in [-0.39, 0.29) is 18.0 Å². The maximum Gasteiger partial charge on any atom is 0.255 e. The second-order valence-corrected chi connectivity index (χ2v) is 9.27. The number of anilines is 2. The van der Waals surface area contributed by atoms with Gasteiger partial charge < -0.3 is 16.4 Å². The lowest BCUT2D eigenvalue weighted by molar-refractivity contribution is 0.0927. The summed E-state index contributed by atoms with van der Waals surface area (Å²) in [5.41, 5.74) is 12.4. The number of nitrogens with two attached hydrogens (primary N) is 1. The minimum absolute atomic E-state index is 0.0886. The molecular formula is C28H31N5O. The van der Waals surface area contributed by atoms with Gasteiger partial charge in [0.05, 0.1) is 5.56 Å². The Morgan fingerprint density at radius 3 is 2.35 bits per heavy atom. The van der Waals surface area contributed by atoms with E-state index in [0.717, 1.165) is 59.6 Å². The summed E-state index contributed by atoms with van der Waals surface area (Å²) in [7, 11) is 0. The normalized spacial score (nSPS) is 18.1. The Bertz CT molecular complexity index is 1300. The van der Waals surface area contributed by atoms with E-state index in [1.807, 2.05) is 53.1 Å². The van der Waals surface area contributed by atoms with Gasteiger partial charge in [-0.05, 0) is 62.8 Å². The fourth-order valence-electron chi connectivity index (χ4n) is 4.82. The van der Waals surface area contributed by atoms with Crippen molar-refractivity contribution in [1.82, 2.24) is 14.7 Å². The van der Waals surface area contributed by atoms with Gasteiger partial charge in [0.25, 0.3) is 5.91 Å². The summed E-state index contributed by atoms with van der Waals surface area (Å²) in [4.78, 5) is 18.3. The smallest absolute Gasteiger partial charge is 0.255 e. The molecule has 0 spiro atoms. The van der Waals surface area contributed by atoms with Gasteiger partial charge in [0, 0.05) is 29.5 Å². The predicted molar refractivity (Wildman–Crippen MR) is 138 cm³/mol. The zero-order valence-electron chi connectivity index (χ0n) is 19.7. The molecule has 0 atom stereocenters. The van der Waals surface area contributed by atoms with Gasteiger partial charge >= 0.3 is 0 Å². The standard InChI is InChI=1S/C28H31N5O/c1-18-8-6-9-19(2)24(18)31-27-25(20-10-4-3-5-11-20)32-26-23(12-7-17-33(26)27)28(34)30-22-15-13-21(29)14-16-22/h3-12,17,21-22,31H,13-16,29H2,1-2H3,(H,30,34). The van der Waals surface area contributed by atoms with Crippen molar-refractivity contribution in [2.24, 2.45) is 5.73 Å². The molecule has 4 N–H and O–H groups in total. The Labute approximate surface area is 200 Å². The minimum Gasteiger partial charge on any atom is -0.349 e. The van der Waals surface area contributed by atoms with Crippen LogP contribution in [0.3, 0.4) is 0 Å². The van der Waals surface area contributed by atoms with Crippen molar-refractivity contribution in [2.75, 3.05) is 5.32 Å². The van der Waals surface area contributed by atoms with Gasteiger partial charge in [-0.3, -0.25) is 9.20 Å². The van der Waals surface area contributed by atoms with Crippen molar-refractivity contribution >= 4 is 23.1 Å². The first-order chi connectivity index (χ1) is 16.5. The molecule has 0 aliphatic heterocycles. The number of benzene rings is 2. The molecule has 0 saturated heterocycles. The molecule has 4 aromatic rings. The Balaban J connectivity index is 1.59. The summed E-state index contributed by atoms with van der Waals surface area (Å²) < 4.78 is 1.99. The second-order valence-electron chi connectivity index (χ2n) is 9.27. The molecule has 0 unspecified atom stereocenters. The molecule has 1 aliphatic carbocycles. The van der Waals surface area contributed by atoms with Crippen LogP contribution in [-0.2, 0) is 0 Å². The van der Waals surface area contributed by atoms with Gasteiger partial charge in [-0.2, -0.15) is 0 Å². The Hall–Kier alpha value is -3.64. The average molecular weight is 454 g/mol. The van der Waals surface area contributed by atoms with Crippen LogP contribution >= 0.6 is 0 Å². The van der Waals surface area contributed by atoms with Crippen LogP contribution in [0, 0.1) is 13.8 Å². The van der Waals surface area contributed by atoms with Gasteiger partial charge in [0.1, 0.15) is 11.5 Å². The molecule has 1 aliphatic rings. The number of amides is 1. The molecule has 2 aromatic heterocycles. The fraction of sp³-hybridized carbons (Fsp3) is 0.286. The number of carbonyl (C=O) groups excluding carboxylic acids is 1. The molecule has 6 heteroatoms. The first kappa shape index (κ1) is 22.2. The molecule has 1 saturated carbocycles. The van der Waals surface area contributed by atoms with Crippen molar-refractivity contribution < 1.29 is 4.79 Å². The van der Waals surface area contributed by atoms with Crippen LogP contribution in [0.5, 0.6) is 0 Å². The number of nitrogens with zero attached hydrogens (tertiary/aromatic N) is 2. The first-order valence-corrected chi connectivity index (χ1v) is 12.0. The van der Waals surface area contributed by atoms with Crippen LogP contribution in [-0.4, -0.2) is 27.4 Å². The van der Waals surface area contributed by atoms with Crippen molar-refractivity contribution in [1.29, 1.82) is 0 Å². The first-order valence-electron chi connectivity index (χ1n) is 12.0. The van der Waals surface area contributed by atoms with Crippen molar-refractivity contribution in [2.45, 2.75) is 51.6 Å². The molecule has 0 bridgehead atoms. The topological polar surface area (TPSA) is 84.5 Å². The van der Waals surface area contributed by atoms with E-state index in [9.17, 15) is 4.79 Å². The molecule has 6 nitrogen and oxygen atoms in total. The number of hydrogen-bond donors (Lipinski definition) is 3. The fourth-order valence-corrected chi connectivity index (χ4v) is 4.82. The van der Waals surface area contributed by atoms with Crippen LogP contribution in [0.25, 0.3) is 16.9 Å². The van der Waals surface area contributed by atoms with Crippen LogP contribution in [0.4, 0.5) is 11.5 Å². The van der Waals surface area contributed by atoms with Gasteiger partial charge in [-0.25, -0.2) is 4.98 Å². The molecule has 1 fully saturated rings. The highest BCUT2D eigenvalue weighted by atomic mass is 16.1. The lowest BCUT2D eigenvalue weighted by atomic mass is 9.91. The summed E-state index contributed by atoms with van der Waals surface area (Å²) in [6.07, 6.45) is 5.68. The van der Waals surface area contributed by atoms with E-state index in [4.69, 9.17) is 10.7 Å². The number of nitrogens with one attached hydrogen (secondary N) is 2. The van der Waals surface area contributed by atoms with E-state index in [1.54, 1.807) is 0 Å². The third-order valence-electron chi connectivity index (χ3n) is 6.77. The Morgan fingerprint density at radius 2 is 1.65 bits per heavy atom. The van der Waals surface area contributed by atoms with Crippen molar-refractivity contribution in [3.05, 3.63) is 83.6 Å². The number of rotatable bonds is 5. The molecule has 0 radical (unpaired) electrons. The van der Waals surface area contributed by atoms with Crippen LogP contribution < -0.4 is 16.4 Å². The lowest BCUT2D eigenvalue weighted by Gasteiger charge is -2.26. The highest BCUT2D eigenvalue weighted by molar-refractivity contribution is 6.01. The van der Waals surface area contributed by atoms with E-state index in [1.165, 1.54) is 0 Å². The van der Waals surface area contributed by atoms with Crippen molar-refractivity contribution in [3.63, 3.8) is 0 Å². The number of carbonyl (C=O) groups is 1. The van der Waals surface area contributed by atoms with E-state index in [0.29, 0.717) is 11.2 Å². The lowest BCUT2D eigenvalue weighted by Crippen LogP contribution is -2.40. The molecule has 174 valence electrons. The van der Waals surface area contributed by atoms with Gasteiger partial charge in [-0.1, -0.05) is 48.5 Å². The van der Waals surface area contributed by atoms with Crippen LogP contribution in [0.1, 0.15) is 47.2 Å². The van der Waals surface area contributed by atoms with Gasteiger partial charge in [0.2, 0.25) is 0 Å². The Morgan fingerprint density at radius 1 is 0.941 bits per heavy atom. The van der Waals surface area contributed by atoms with E-state index in [2.05, 4.69) is 42.7 Å². The summed E-state index contributed by atoms with van der Waals surface area (Å²) >= 11 is 0. The molecule has 1 amide bonds. The van der Waals surface area contributed by atoms with Crippen molar-refractivity contribution in [3.8, 4) is 11.3 Å². The molecule has 2 aromatic carbocycles. The SMILES string of the molecule is Cc1cccc(C)c1Nc1c(-c2ccccc2)nc2c(C(=O)NC3CCC(N)CC3)cccn12. The van der Waals surface area contributed by atoms with E-state index < -0.39 is 0 Å². The second kappa shape index (κ2) is 9.31. The number of imidazole rings is 1. The quantitative estimate of drug-likeness (QED) is 0.380. The number of hydrogen-bond acceptors (Lipinski definition) is 4. The molecular weight excluding hydrogens is 422 g/mol. The largest absolute Gasteiger partial charge is 0.349 e. The number of para-hydroxylation sites is 1. The van der Waals surface area contributed by atoms with Crippen LogP contribution in [0.2, 0.25) is 0 Å². The zero-order chi connectivity index (χ0) is 23.7. The maximum atomic E-state index is 13.3. The third kappa shape index (κ3) is 4.29. The molecule has 2 heterocycles. The number of aryl methyl sites for hydroxylation is 2. The minimum atomic E-state index is -0.0886. The number of pyridine rings is 1. The highest BCUT2D eigenvalue weighted by Crippen LogP contribution is 2.34. The zero-order valence-corrected chi connectivity index (χ0v) is 19.7. The van der Waals surface area contributed by atoms with E-state index >= 15 is 0 Å². The average Bonchev–Trinajstić information content (AvgIpc) is 3.22. The van der Waals surface area contributed by atoms with Gasteiger partial charge in [-0.15, -0.1) is 0 Å².